The first-order valence-electron chi connectivity index (χ1n) is 7.00. The van der Waals surface area contributed by atoms with Crippen LogP contribution in [0.3, 0.4) is 0 Å². The van der Waals surface area contributed by atoms with E-state index >= 15 is 0 Å². The largest absolute Gasteiger partial charge is 0.340 e. The lowest BCUT2D eigenvalue weighted by Crippen LogP contribution is -2.41. The molecule has 20 heavy (non-hydrogen) atoms. The summed E-state index contributed by atoms with van der Waals surface area (Å²) >= 11 is 5.92. The van der Waals surface area contributed by atoms with Gasteiger partial charge >= 0.3 is 0 Å². The minimum absolute atomic E-state index is 0.0326. The highest BCUT2D eigenvalue weighted by atomic mass is 35.5. The Kier molecular flexibility index (Phi) is 2.23. The Morgan fingerprint density at radius 3 is 2.90 bits per heavy atom. The van der Waals surface area contributed by atoms with Gasteiger partial charge < -0.3 is 4.98 Å². The lowest BCUT2D eigenvalue weighted by atomic mass is 9.68. The van der Waals surface area contributed by atoms with E-state index in [1.165, 1.54) is 0 Å². The van der Waals surface area contributed by atoms with E-state index in [4.69, 9.17) is 11.6 Å². The van der Waals surface area contributed by atoms with Gasteiger partial charge in [0.2, 0.25) is 0 Å². The summed E-state index contributed by atoms with van der Waals surface area (Å²) in [6.45, 7) is 4.40. The van der Waals surface area contributed by atoms with Gasteiger partial charge in [-0.15, -0.1) is 0 Å². The van der Waals surface area contributed by atoms with Crippen molar-refractivity contribution in [3.63, 3.8) is 0 Å². The van der Waals surface area contributed by atoms with Gasteiger partial charge in [0.25, 0.3) is 0 Å². The predicted octanol–water partition coefficient (Wildman–Crippen LogP) is 3.26. The second-order valence-corrected chi connectivity index (χ2v) is 6.99. The quantitative estimate of drug-likeness (QED) is 0.820. The molecule has 0 spiro atoms. The zero-order valence-corrected chi connectivity index (χ0v) is 12.3. The van der Waals surface area contributed by atoms with Crippen molar-refractivity contribution < 1.29 is 4.79 Å². The Morgan fingerprint density at radius 2 is 2.25 bits per heavy atom. The summed E-state index contributed by atoms with van der Waals surface area (Å²) in [5, 5.41) is 0.425. The standard InChI is InChI=1S/C15H16ClN3O/c1-14(2)8-3-4-15(14,11(20)5-8)13-18-9-6-12(16)17-7-10(9)19-13/h6-8H,3-5H2,1-2H3,(H,18,19). The molecule has 0 amide bonds. The second kappa shape index (κ2) is 3.61. The van der Waals surface area contributed by atoms with Crippen LogP contribution >= 0.6 is 11.6 Å². The maximum absolute atomic E-state index is 12.6. The lowest BCUT2D eigenvalue weighted by molar-refractivity contribution is -0.124. The number of nitrogens with one attached hydrogen (secondary N) is 1. The van der Waals surface area contributed by atoms with Crippen molar-refractivity contribution in [3.05, 3.63) is 23.2 Å². The number of hydrogen-bond donors (Lipinski definition) is 1. The average Bonchev–Trinajstić information content (AvgIpc) is 2.96. The first-order valence-corrected chi connectivity index (χ1v) is 7.38. The van der Waals surface area contributed by atoms with Gasteiger partial charge in [-0.1, -0.05) is 25.4 Å². The van der Waals surface area contributed by atoms with Gasteiger partial charge in [-0.2, -0.15) is 0 Å². The van der Waals surface area contributed by atoms with Crippen LogP contribution in [0.1, 0.15) is 38.9 Å². The number of H-pyrrole nitrogens is 1. The number of imidazole rings is 1. The number of aromatic amines is 1. The maximum atomic E-state index is 12.6. The van der Waals surface area contributed by atoms with E-state index in [1.54, 1.807) is 12.3 Å². The van der Waals surface area contributed by atoms with Gasteiger partial charge in [0.15, 0.2) is 0 Å². The molecule has 2 aromatic rings. The van der Waals surface area contributed by atoms with Crippen LogP contribution in [0.25, 0.3) is 11.0 Å². The number of Topliss-reactive ketones (excluding diaryl/α,β-unsaturated/α-hetero) is 1. The number of carbonyl (C=O) groups excluding carboxylic acids is 1. The Labute approximate surface area is 121 Å². The normalized spacial score (nSPS) is 31.4. The highest BCUT2D eigenvalue weighted by Gasteiger charge is 2.66. The molecule has 2 aliphatic rings. The Balaban J connectivity index is 1.95. The van der Waals surface area contributed by atoms with Crippen molar-refractivity contribution in [2.75, 3.05) is 0 Å². The predicted molar refractivity (Wildman–Crippen MR) is 76.7 cm³/mol. The van der Waals surface area contributed by atoms with E-state index in [0.29, 0.717) is 23.3 Å². The number of aromatic nitrogens is 3. The number of fused-ring (bicyclic) bond motifs is 3. The number of halogens is 1. The van der Waals surface area contributed by atoms with Crippen LogP contribution in [0.4, 0.5) is 0 Å². The van der Waals surface area contributed by atoms with E-state index in [1.807, 2.05) is 0 Å². The zero-order chi connectivity index (χ0) is 14.1. The number of carbonyl (C=O) groups is 1. The number of rotatable bonds is 1. The molecule has 2 heterocycles. The Morgan fingerprint density at radius 1 is 1.45 bits per heavy atom. The fourth-order valence-electron chi connectivity index (χ4n) is 4.32. The van der Waals surface area contributed by atoms with Crippen LogP contribution in [-0.4, -0.2) is 20.7 Å². The van der Waals surface area contributed by atoms with Crippen LogP contribution in [0.5, 0.6) is 0 Å². The van der Waals surface area contributed by atoms with Crippen LogP contribution in [0, 0.1) is 11.3 Å². The van der Waals surface area contributed by atoms with Gasteiger partial charge in [-0.3, -0.25) is 4.79 Å². The minimum Gasteiger partial charge on any atom is -0.340 e. The molecular weight excluding hydrogens is 274 g/mol. The first kappa shape index (κ1) is 12.3. The van der Waals surface area contributed by atoms with Gasteiger partial charge in [-0.25, -0.2) is 9.97 Å². The third kappa shape index (κ3) is 1.26. The van der Waals surface area contributed by atoms with Crippen molar-refractivity contribution in [1.82, 2.24) is 15.0 Å². The lowest BCUT2D eigenvalue weighted by Gasteiger charge is -2.34. The molecule has 2 fully saturated rings. The number of nitrogens with zero attached hydrogens (tertiary/aromatic N) is 2. The fourth-order valence-corrected chi connectivity index (χ4v) is 4.47. The summed E-state index contributed by atoms with van der Waals surface area (Å²) in [5.74, 6) is 1.60. The SMILES string of the molecule is CC1(C)C2CCC1(c1nc3cc(Cl)ncc3[nH]1)C(=O)C2. The smallest absolute Gasteiger partial charge is 0.147 e. The van der Waals surface area contributed by atoms with Crippen LogP contribution in [-0.2, 0) is 10.2 Å². The van der Waals surface area contributed by atoms with Crippen LogP contribution in [0.2, 0.25) is 5.15 Å². The highest BCUT2D eigenvalue weighted by molar-refractivity contribution is 6.29. The molecule has 5 heteroatoms. The van der Waals surface area contributed by atoms with Crippen molar-refractivity contribution in [2.45, 2.75) is 38.5 Å². The van der Waals surface area contributed by atoms with Gasteiger partial charge in [-0.05, 0) is 24.2 Å². The van der Waals surface area contributed by atoms with E-state index in [9.17, 15) is 4.79 Å². The zero-order valence-electron chi connectivity index (χ0n) is 11.5. The van der Waals surface area contributed by atoms with Crippen molar-refractivity contribution >= 4 is 28.4 Å². The third-order valence-corrected chi connectivity index (χ3v) is 5.84. The molecule has 2 bridgehead atoms. The second-order valence-electron chi connectivity index (χ2n) is 6.60. The molecule has 2 atom stereocenters. The topological polar surface area (TPSA) is 58.6 Å². The summed E-state index contributed by atoms with van der Waals surface area (Å²) in [6.07, 6.45) is 4.37. The molecule has 4 rings (SSSR count). The molecule has 1 N–H and O–H groups in total. The highest BCUT2D eigenvalue weighted by Crippen LogP contribution is 2.64. The van der Waals surface area contributed by atoms with Gasteiger partial charge in [0, 0.05) is 12.5 Å². The number of ketones is 1. The summed E-state index contributed by atoms with van der Waals surface area (Å²) in [7, 11) is 0. The average molecular weight is 290 g/mol. The molecular formula is C15H16ClN3O. The monoisotopic (exact) mass is 289 g/mol. The molecule has 0 saturated heterocycles. The Hall–Kier alpha value is -1.42. The summed E-state index contributed by atoms with van der Waals surface area (Å²) < 4.78 is 0. The fraction of sp³-hybridized carbons (Fsp3) is 0.533. The van der Waals surface area contributed by atoms with Crippen LogP contribution < -0.4 is 0 Å². The molecule has 2 saturated carbocycles. The van der Waals surface area contributed by atoms with E-state index in [-0.39, 0.29) is 5.41 Å². The summed E-state index contributed by atoms with van der Waals surface area (Å²) in [4.78, 5) is 24.7. The molecule has 2 unspecified atom stereocenters. The van der Waals surface area contributed by atoms with E-state index in [0.717, 1.165) is 29.7 Å². The summed E-state index contributed by atoms with van der Waals surface area (Å²) in [5.41, 5.74) is 1.14. The molecule has 104 valence electrons. The molecule has 0 aliphatic heterocycles. The van der Waals surface area contributed by atoms with E-state index < -0.39 is 5.41 Å². The van der Waals surface area contributed by atoms with Crippen molar-refractivity contribution in [1.29, 1.82) is 0 Å². The minimum atomic E-state index is -0.455. The van der Waals surface area contributed by atoms with Crippen molar-refractivity contribution in [3.8, 4) is 0 Å². The first-order chi connectivity index (χ1) is 9.45. The van der Waals surface area contributed by atoms with Gasteiger partial charge in [0.1, 0.15) is 16.8 Å². The third-order valence-electron chi connectivity index (χ3n) is 5.63. The van der Waals surface area contributed by atoms with Crippen LogP contribution in [0.15, 0.2) is 12.3 Å². The Bertz CT molecular complexity index is 736. The van der Waals surface area contributed by atoms with Gasteiger partial charge in [0.05, 0.1) is 22.6 Å². The number of hydrogen-bond acceptors (Lipinski definition) is 3. The number of pyridine rings is 1. The molecule has 4 nitrogen and oxygen atoms in total. The molecule has 2 aliphatic carbocycles. The molecule has 0 aromatic carbocycles. The summed E-state index contributed by atoms with van der Waals surface area (Å²) in [6, 6.07) is 1.74. The molecule has 2 aromatic heterocycles. The maximum Gasteiger partial charge on any atom is 0.147 e. The van der Waals surface area contributed by atoms with Crippen molar-refractivity contribution in [2.24, 2.45) is 11.3 Å². The molecule has 0 radical (unpaired) electrons. The van der Waals surface area contributed by atoms with E-state index in [2.05, 4.69) is 28.8 Å².